The highest BCUT2D eigenvalue weighted by atomic mass is 32.1. The summed E-state index contributed by atoms with van der Waals surface area (Å²) in [7, 11) is 1.29. The Kier molecular flexibility index (Phi) is 9.89. The number of carbonyl (C=O) groups is 1. The van der Waals surface area contributed by atoms with E-state index in [1.807, 2.05) is 39.0 Å². The summed E-state index contributed by atoms with van der Waals surface area (Å²) < 4.78 is 40.5. The first kappa shape index (κ1) is 31.0. The molecule has 1 saturated heterocycles. The van der Waals surface area contributed by atoms with Crippen molar-refractivity contribution < 1.29 is 23.0 Å². The number of hydrogen-bond donors (Lipinski definition) is 3. The van der Waals surface area contributed by atoms with E-state index < -0.39 is 11.6 Å². The molecule has 4 aromatic rings. The van der Waals surface area contributed by atoms with E-state index in [1.54, 1.807) is 21.7 Å². The molecule has 5 rings (SSSR count). The Morgan fingerprint density at radius 2 is 1.86 bits per heavy atom. The topological polar surface area (TPSA) is 93.0 Å². The Labute approximate surface area is 249 Å². The van der Waals surface area contributed by atoms with E-state index in [-0.39, 0.29) is 23.0 Å². The van der Waals surface area contributed by atoms with Gasteiger partial charge in [0.15, 0.2) is 23.0 Å². The molecule has 12 heteroatoms. The summed E-state index contributed by atoms with van der Waals surface area (Å²) in [5, 5.41) is 6.42. The number of ether oxygens (including phenoxy) is 2. The highest BCUT2D eigenvalue weighted by molar-refractivity contribution is 7.80. The minimum absolute atomic E-state index is 0.0839. The number of hydrogen-bond acceptors (Lipinski definition) is 8. The van der Waals surface area contributed by atoms with Crippen LogP contribution in [0.2, 0.25) is 0 Å². The van der Waals surface area contributed by atoms with Crippen LogP contribution in [0.5, 0.6) is 5.75 Å². The van der Waals surface area contributed by atoms with Crippen molar-refractivity contribution in [2.75, 3.05) is 38.6 Å². The number of imidazole rings is 1. The zero-order valence-corrected chi connectivity index (χ0v) is 25.3. The van der Waals surface area contributed by atoms with Crippen LogP contribution in [0.3, 0.4) is 0 Å². The number of nitrogens with zero attached hydrogens (tertiary/aromatic N) is 4. The van der Waals surface area contributed by atoms with E-state index >= 15 is 0 Å². The number of aromatic nitrogens is 3. The van der Waals surface area contributed by atoms with Crippen LogP contribution in [0.4, 0.5) is 25.1 Å². The molecule has 1 aliphatic heterocycles. The number of benzene rings is 2. The second-order valence-electron chi connectivity index (χ2n) is 10.6. The zero-order chi connectivity index (χ0) is 30.4. The van der Waals surface area contributed by atoms with Crippen molar-refractivity contribution in [2.45, 2.75) is 44.6 Å². The Hall–Kier alpha value is -3.90. The summed E-state index contributed by atoms with van der Waals surface area (Å²) in [6.07, 6.45) is 5.36. The number of aryl methyl sites for hydroxylation is 1. The van der Waals surface area contributed by atoms with Crippen LogP contribution in [0, 0.1) is 11.6 Å². The molecule has 0 spiro atoms. The lowest BCUT2D eigenvalue weighted by atomic mass is 10.1. The first-order valence-electron chi connectivity index (χ1n) is 13.6. The van der Waals surface area contributed by atoms with Gasteiger partial charge < -0.3 is 25.0 Å². The predicted molar refractivity (Wildman–Crippen MR) is 162 cm³/mol. The molecule has 2 aromatic heterocycles. The quantitative estimate of drug-likeness (QED) is 0.239. The maximum absolute atomic E-state index is 14.6. The fourth-order valence-corrected chi connectivity index (χ4v) is 4.65. The van der Waals surface area contributed by atoms with Gasteiger partial charge in [-0.15, -0.1) is 12.6 Å². The molecule has 224 valence electrons. The third-order valence-corrected chi connectivity index (χ3v) is 6.90. The molecular weight excluding hydrogens is 562 g/mol. The smallest absolute Gasteiger partial charge is 0.410 e. The molecule has 1 aliphatic rings. The molecular formula is C30H36F2N6O3S. The van der Waals surface area contributed by atoms with Gasteiger partial charge in [0.25, 0.3) is 0 Å². The molecule has 1 amide bonds. The van der Waals surface area contributed by atoms with Gasteiger partial charge in [-0.05, 0) is 63.1 Å². The number of nitrogens with one attached hydrogen (secondary N) is 2. The summed E-state index contributed by atoms with van der Waals surface area (Å²) in [6.45, 7) is 10.9. The number of carbonyl (C=O) groups excluding carboxylic acids is 1. The van der Waals surface area contributed by atoms with Gasteiger partial charge in [0, 0.05) is 54.7 Å². The van der Waals surface area contributed by atoms with Crippen molar-refractivity contribution in [2.24, 2.45) is 0 Å². The highest BCUT2D eigenvalue weighted by Gasteiger charge is 2.23. The summed E-state index contributed by atoms with van der Waals surface area (Å²) in [5.74, 6) is -1.67. The SMILES string of the molecule is CC(C)(C)OC(=O)N1CCNCC1.CCc1cc(Nc2nccn3c(-c4ccc(OC)c(F)c4F)cnc23)ccc1S. The van der Waals surface area contributed by atoms with Gasteiger partial charge >= 0.3 is 6.09 Å². The molecule has 0 atom stereocenters. The number of amides is 1. The number of methoxy groups -OCH3 is 1. The number of fused-ring (bicyclic) bond motifs is 1. The fourth-order valence-electron chi connectivity index (χ4n) is 4.35. The van der Waals surface area contributed by atoms with Crippen molar-refractivity contribution in [1.82, 2.24) is 24.6 Å². The van der Waals surface area contributed by atoms with Crippen molar-refractivity contribution in [3.8, 4) is 17.0 Å². The van der Waals surface area contributed by atoms with E-state index in [1.165, 1.54) is 25.4 Å². The number of rotatable bonds is 5. The minimum atomic E-state index is -1.04. The van der Waals surface area contributed by atoms with Gasteiger partial charge in [0.05, 0.1) is 19.0 Å². The third kappa shape index (κ3) is 7.29. The lowest BCUT2D eigenvalue weighted by Gasteiger charge is -2.30. The molecule has 2 N–H and O–H groups in total. The van der Waals surface area contributed by atoms with Crippen LogP contribution < -0.4 is 15.4 Å². The van der Waals surface area contributed by atoms with Gasteiger partial charge in [-0.1, -0.05) is 6.92 Å². The van der Waals surface area contributed by atoms with Gasteiger partial charge in [-0.3, -0.25) is 4.40 Å². The molecule has 3 heterocycles. The molecule has 0 radical (unpaired) electrons. The van der Waals surface area contributed by atoms with E-state index in [9.17, 15) is 13.6 Å². The van der Waals surface area contributed by atoms with E-state index in [2.05, 4.69) is 40.2 Å². The van der Waals surface area contributed by atoms with Crippen LogP contribution in [0.15, 0.2) is 53.8 Å². The first-order valence-corrected chi connectivity index (χ1v) is 14.1. The summed E-state index contributed by atoms with van der Waals surface area (Å²) in [5.41, 5.74) is 2.54. The molecule has 0 saturated carbocycles. The van der Waals surface area contributed by atoms with Gasteiger partial charge in [0.1, 0.15) is 5.60 Å². The monoisotopic (exact) mass is 598 g/mol. The van der Waals surface area contributed by atoms with Gasteiger partial charge in [-0.25, -0.2) is 19.2 Å². The zero-order valence-electron chi connectivity index (χ0n) is 24.4. The molecule has 1 fully saturated rings. The molecule has 2 aromatic carbocycles. The highest BCUT2D eigenvalue weighted by Crippen LogP contribution is 2.31. The Balaban J connectivity index is 0.000000262. The normalized spacial score (nSPS) is 13.4. The fraction of sp³-hybridized carbons (Fsp3) is 0.367. The van der Waals surface area contributed by atoms with Crippen LogP contribution in [0.1, 0.15) is 33.3 Å². The number of halogens is 2. The molecule has 0 bridgehead atoms. The average molecular weight is 599 g/mol. The van der Waals surface area contributed by atoms with Crippen LogP contribution >= 0.6 is 12.6 Å². The minimum Gasteiger partial charge on any atom is -0.494 e. The van der Waals surface area contributed by atoms with Crippen molar-refractivity contribution in [3.63, 3.8) is 0 Å². The Morgan fingerprint density at radius 3 is 2.52 bits per heavy atom. The molecule has 42 heavy (non-hydrogen) atoms. The molecule has 0 aliphatic carbocycles. The average Bonchev–Trinajstić information content (AvgIpc) is 3.40. The lowest BCUT2D eigenvalue weighted by molar-refractivity contribution is 0.0229. The van der Waals surface area contributed by atoms with Crippen molar-refractivity contribution >= 4 is 35.9 Å². The van der Waals surface area contributed by atoms with E-state index in [4.69, 9.17) is 9.47 Å². The number of anilines is 2. The maximum Gasteiger partial charge on any atom is 0.410 e. The lowest BCUT2D eigenvalue weighted by Crippen LogP contribution is -2.48. The third-order valence-electron chi connectivity index (χ3n) is 6.46. The van der Waals surface area contributed by atoms with Gasteiger partial charge in [0.2, 0.25) is 5.82 Å². The largest absolute Gasteiger partial charge is 0.494 e. The number of thiol groups is 1. The predicted octanol–water partition coefficient (Wildman–Crippen LogP) is 6.10. The molecule has 0 unspecified atom stereocenters. The van der Waals surface area contributed by atoms with Gasteiger partial charge in [-0.2, -0.15) is 4.39 Å². The summed E-state index contributed by atoms with van der Waals surface area (Å²) >= 11 is 4.45. The van der Waals surface area contributed by atoms with Crippen LogP contribution in [0.25, 0.3) is 16.9 Å². The maximum atomic E-state index is 14.6. The van der Waals surface area contributed by atoms with Crippen LogP contribution in [-0.2, 0) is 11.2 Å². The summed E-state index contributed by atoms with van der Waals surface area (Å²) in [4.78, 5) is 22.9. The molecule has 9 nitrogen and oxygen atoms in total. The standard InChI is InChI=1S/C21H18F2N4OS.C9H18N2O2/c1-3-12-10-13(4-7-17(12)29)26-20-21-25-11-15(27(21)9-8-24-20)14-5-6-16(28-2)19(23)18(14)22;1-9(2,3)13-8(12)11-6-4-10-5-7-11/h4-11,29H,3H2,1-2H3,(H,24,26);10H,4-7H2,1-3H3. The van der Waals surface area contributed by atoms with E-state index in [0.29, 0.717) is 17.2 Å². The van der Waals surface area contributed by atoms with Crippen molar-refractivity contribution in [1.29, 1.82) is 0 Å². The Bertz CT molecular complexity index is 1550. The van der Waals surface area contributed by atoms with Crippen molar-refractivity contribution in [3.05, 3.63) is 66.1 Å². The Morgan fingerprint density at radius 1 is 1.12 bits per heavy atom. The summed E-state index contributed by atoms with van der Waals surface area (Å²) in [6, 6.07) is 8.66. The number of piperazine rings is 1. The van der Waals surface area contributed by atoms with Crippen LogP contribution in [-0.4, -0.2) is 64.3 Å². The second-order valence-corrected chi connectivity index (χ2v) is 11.1. The van der Waals surface area contributed by atoms with E-state index in [0.717, 1.165) is 48.7 Å². The second kappa shape index (κ2) is 13.4. The first-order chi connectivity index (χ1) is 20.0.